The predicted octanol–water partition coefficient (Wildman–Crippen LogP) is 5.91. The van der Waals surface area contributed by atoms with Crippen LogP contribution in [-0.2, 0) is 14.6 Å². The number of likely N-dealkylation sites (tertiary alicyclic amines) is 1. The Hall–Kier alpha value is -1.38. The van der Waals surface area contributed by atoms with Gasteiger partial charge in [-0.25, -0.2) is 0 Å². The molecule has 3 atom stereocenters. The molecule has 0 saturated carbocycles. The summed E-state index contributed by atoms with van der Waals surface area (Å²) in [7, 11) is -1.81. The maximum Gasteiger partial charge on any atom is 0.251 e. The maximum atomic E-state index is 12.9. The fourth-order valence-corrected chi connectivity index (χ4v) is 7.43. The lowest BCUT2D eigenvalue weighted by molar-refractivity contribution is -0.114. The van der Waals surface area contributed by atoms with E-state index < -0.39 is 8.32 Å². The molecule has 6 heteroatoms. The highest BCUT2D eigenvalue weighted by Gasteiger charge is 2.62. The van der Waals surface area contributed by atoms with Crippen LogP contribution in [0.25, 0.3) is 0 Å². The summed E-state index contributed by atoms with van der Waals surface area (Å²) in [5, 5.41) is 0.195. The highest BCUT2D eigenvalue weighted by atomic mass is 127. The molecule has 0 bridgehead atoms. The van der Waals surface area contributed by atoms with Gasteiger partial charge in [-0.15, -0.1) is 0 Å². The molecule has 1 saturated heterocycles. The van der Waals surface area contributed by atoms with E-state index in [0.717, 1.165) is 31.6 Å². The third-order valence-corrected chi connectivity index (χ3v) is 13.4. The first-order valence-corrected chi connectivity index (χ1v) is 15.6. The standard InChI is InChI=1S/C26H33IN2O2Si/c1-25(2,3)32(4,5)31-17-19(27)16-28-15-14-26-20-8-6-7-9-21(20)29-23(30)13-11-18(24(26)29)10-12-22(26)28/h6-11,13,17,22,24H,12,14-16H2,1-5H3/b19-17-/t22-,24-,26-/m0/s1. The fourth-order valence-electron chi connectivity index (χ4n) is 5.83. The van der Waals surface area contributed by atoms with Gasteiger partial charge in [0, 0.05) is 33.3 Å². The van der Waals surface area contributed by atoms with Gasteiger partial charge >= 0.3 is 0 Å². The van der Waals surface area contributed by atoms with Gasteiger partial charge in [-0.2, -0.15) is 0 Å². The maximum absolute atomic E-state index is 12.9. The van der Waals surface area contributed by atoms with Crippen molar-refractivity contribution in [2.75, 3.05) is 18.0 Å². The Morgan fingerprint density at radius 2 is 2.03 bits per heavy atom. The molecule has 1 spiro atoms. The first kappa shape index (κ1) is 22.4. The molecular formula is C26H33IN2O2Si. The highest BCUT2D eigenvalue weighted by Crippen LogP contribution is 2.59. The van der Waals surface area contributed by atoms with E-state index in [2.05, 4.69) is 103 Å². The molecule has 3 heterocycles. The van der Waals surface area contributed by atoms with Gasteiger partial charge in [0.15, 0.2) is 0 Å². The molecule has 32 heavy (non-hydrogen) atoms. The molecule has 3 aliphatic heterocycles. The molecule has 170 valence electrons. The largest absolute Gasteiger partial charge is 0.548 e. The Morgan fingerprint density at radius 3 is 2.78 bits per heavy atom. The second-order valence-corrected chi connectivity index (χ2v) is 17.3. The van der Waals surface area contributed by atoms with E-state index in [-0.39, 0.29) is 22.4 Å². The van der Waals surface area contributed by atoms with Crippen molar-refractivity contribution >= 4 is 42.5 Å². The van der Waals surface area contributed by atoms with Crippen LogP contribution in [0, 0.1) is 0 Å². The summed E-state index contributed by atoms with van der Waals surface area (Å²) >= 11 is 2.46. The zero-order chi connectivity index (χ0) is 22.9. The number of hydrogen-bond acceptors (Lipinski definition) is 3. The first-order chi connectivity index (χ1) is 15.1. The average molecular weight is 561 g/mol. The fraction of sp³-hybridized carbons (Fsp3) is 0.500. The van der Waals surface area contributed by atoms with Crippen LogP contribution in [0.2, 0.25) is 18.1 Å². The molecular weight excluding hydrogens is 527 g/mol. The molecule has 4 aliphatic rings. The SMILES string of the molecule is CC(C)(C)[Si](C)(C)O/C=C(\I)CN1CC[C@]23c4ccccc4N4C(=O)C=CC(=CC[C@H]12)[C@H]43. The lowest BCUT2D eigenvalue weighted by atomic mass is 9.64. The van der Waals surface area contributed by atoms with Crippen molar-refractivity contribution in [3.63, 3.8) is 0 Å². The van der Waals surface area contributed by atoms with Crippen LogP contribution in [0.1, 0.15) is 39.2 Å². The van der Waals surface area contributed by atoms with Gasteiger partial charge in [0.1, 0.15) is 0 Å². The van der Waals surface area contributed by atoms with E-state index in [1.54, 1.807) is 6.08 Å². The van der Waals surface area contributed by atoms with Crippen molar-refractivity contribution in [1.29, 1.82) is 0 Å². The molecule has 1 aromatic rings. The molecule has 5 rings (SSSR count). The molecule has 0 radical (unpaired) electrons. The second-order valence-electron chi connectivity index (χ2n) is 11.1. The van der Waals surface area contributed by atoms with E-state index in [9.17, 15) is 4.79 Å². The minimum Gasteiger partial charge on any atom is -0.548 e. The van der Waals surface area contributed by atoms with Crippen molar-refractivity contribution in [1.82, 2.24) is 4.90 Å². The van der Waals surface area contributed by atoms with Crippen LogP contribution in [-0.4, -0.2) is 44.3 Å². The average Bonchev–Trinajstić information content (AvgIpc) is 3.25. The van der Waals surface area contributed by atoms with E-state index in [0.29, 0.717) is 6.04 Å². The van der Waals surface area contributed by atoms with Gasteiger partial charge in [0.2, 0.25) is 8.32 Å². The lowest BCUT2D eigenvalue weighted by Crippen LogP contribution is -2.57. The van der Waals surface area contributed by atoms with Crippen LogP contribution < -0.4 is 4.90 Å². The van der Waals surface area contributed by atoms with E-state index >= 15 is 0 Å². The number of carbonyl (C=O) groups is 1. The third-order valence-electron chi connectivity index (χ3n) is 8.45. The summed E-state index contributed by atoms with van der Waals surface area (Å²) in [6.45, 7) is 13.4. The summed E-state index contributed by atoms with van der Waals surface area (Å²) in [6.07, 6.45) is 10.3. The summed E-state index contributed by atoms with van der Waals surface area (Å²) in [5.41, 5.74) is 3.76. The zero-order valence-electron chi connectivity index (χ0n) is 19.7. The monoisotopic (exact) mass is 560 g/mol. The minimum absolute atomic E-state index is 0.0156. The Morgan fingerprint density at radius 1 is 1.28 bits per heavy atom. The Kier molecular flexibility index (Phi) is 5.30. The van der Waals surface area contributed by atoms with E-state index in [1.165, 1.54) is 14.7 Å². The van der Waals surface area contributed by atoms with E-state index in [1.807, 2.05) is 6.26 Å². The van der Waals surface area contributed by atoms with Crippen molar-refractivity contribution < 1.29 is 9.22 Å². The number of halogens is 1. The molecule has 0 unspecified atom stereocenters. The van der Waals surface area contributed by atoms with Gasteiger partial charge < -0.3 is 9.33 Å². The topological polar surface area (TPSA) is 32.8 Å². The number of rotatable bonds is 4. The quantitative estimate of drug-likeness (QED) is 0.261. The summed E-state index contributed by atoms with van der Waals surface area (Å²) in [5.74, 6) is 0.118. The van der Waals surface area contributed by atoms with E-state index in [4.69, 9.17) is 4.43 Å². The molecule has 4 nitrogen and oxygen atoms in total. The Bertz CT molecular complexity index is 1050. The van der Waals surface area contributed by atoms with Gasteiger partial charge in [-0.05, 0) is 77.3 Å². The van der Waals surface area contributed by atoms with Gasteiger partial charge in [-0.1, -0.05) is 51.1 Å². The number of fused-ring (bicyclic) bond motifs is 2. The normalized spacial score (nSPS) is 29.6. The van der Waals surface area contributed by atoms with Crippen LogP contribution >= 0.6 is 22.6 Å². The van der Waals surface area contributed by atoms with Crippen LogP contribution in [0.5, 0.6) is 0 Å². The molecule has 0 aromatic heterocycles. The number of nitrogens with zero attached hydrogens (tertiary/aromatic N) is 2. The molecule has 0 N–H and O–H groups in total. The first-order valence-electron chi connectivity index (χ1n) is 11.6. The second kappa shape index (κ2) is 7.57. The lowest BCUT2D eigenvalue weighted by Gasteiger charge is -2.46. The molecule has 1 aliphatic carbocycles. The Labute approximate surface area is 206 Å². The number of amides is 1. The van der Waals surface area contributed by atoms with Crippen molar-refractivity contribution in [2.24, 2.45) is 0 Å². The molecule has 1 amide bonds. The molecule has 1 aromatic carbocycles. The molecule has 1 fully saturated rings. The number of anilines is 1. The van der Waals surface area contributed by atoms with Crippen molar-refractivity contribution in [3.05, 3.63) is 63.5 Å². The summed E-state index contributed by atoms with van der Waals surface area (Å²) < 4.78 is 7.64. The van der Waals surface area contributed by atoms with Crippen molar-refractivity contribution in [3.8, 4) is 0 Å². The van der Waals surface area contributed by atoms with Crippen LogP contribution in [0.4, 0.5) is 5.69 Å². The number of benzene rings is 1. The predicted molar refractivity (Wildman–Crippen MR) is 142 cm³/mol. The number of carbonyl (C=O) groups excluding carboxylic acids is 1. The van der Waals surface area contributed by atoms with Gasteiger partial charge in [0.25, 0.3) is 5.91 Å². The highest BCUT2D eigenvalue weighted by molar-refractivity contribution is 14.1. The minimum atomic E-state index is -1.81. The Balaban J connectivity index is 1.45. The van der Waals surface area contributed by atoms with Crippen LogP contribution in [0.3, 0.4) is 0 Å². The van der Waals surface area contributed by atoms with Crippen LogP contribution in [0.15, 0.2) is 57.9 Å². The van der Waals surface area contributed by atoms with Crippen molar-refractivity contribution in [2.45, 2.75) is 69.2 Å². The smallest absolute Gasteiger partial charge is 0.251 e. The number of hydrogen-bond donors (Lipinski definition) is 0. The summed E-state index contributed by atoms with van der Waals surface area (Å²) in [4.78, 5) is 17.6. The summed E-state index contributed by atoms with van der Waals surface area (Å²) in [6, 6.07) is 9.13. The zero-order valence-corrected chi connectivity index (χ0v) is 22.8. The number of para-hydroxylation sites is 1. The van der Waals surface area contributed by atoms with Gasteiger partial charge in [-0.3, -0.25) is 9.69 Å². The third kappa shape index (κ3) is 3.20. The van der Waals surface area contributed by atoms with Gasteiger partial charge in [0.05, 0.1) is 12.3 Å².